The molecule has 0 aliphatic heterocycles. The highest BCUT2D eigenvalue weighted by atomic mass is 35.5. The Hall–Kier alpha value is -2.53. The van der Waals surface area contributed by atoms with E-state index >= 15 is 0 Å². The molecule has 3 N–H and O–H groups in total. The van der Waals surface area contributed by atoms with Crippen LogP contribution in [-0.4, -0.2) is 27.1 Å². The number of nitrogens with one attached hydrogen (secondary N) is 1. The van der Waals surface area contributed by atoms with E-state index in [9.17, 15) is 19.8 Å². The Morgan fingerprint density at radius 3 is 2.65 bits per heavy atom. The average Bonchev–Trinajstić information content (AvgIpc) is 2.93. The molecule has 118 valence electrons. The molecule has 2 unspecified atom stereocenters. The molecule has 1 aromatic carbocycles. The van der Waals surface area contributed by atoms with Crippen molar-refractivity contribution in [3.63, 3.8) is 0 Å². The number of fused-ring (bicyclic) bond motifs is 1. The van der Waals surface area contributed by atoms with Gasteiger partial charge in [-0.25, -0.2) is 4.79 Å². The van der Waals surface area contributed by atoms with E-state index in [2.05, 4.69) is 4.98 Å². The standard InChI is InChI=1S/C17H14ClNO4/c1-9-12(15(20)21)4-6-17(18,14(9)16(22)23)11-3-2-10-5-7-19-13(10)8-11/h2-8,14,19H,1H3,(H,20,21)(H,22,23). The second-order valence-corrected chi connectivity index (χ2v) is 6.18. The summed E-state index contributed by atoms with van der Waals surface area (Å²) in [6, 6.07) is 7.31. The van der Waals surface area contributed by atoms with Gasteiger partial charge in [-0.3, -0.25) is 4.79 Å². The molecule has 3 rings (SSSR count). The summed E-state index contributed by atoms with van der Waals surface area (Å²) in [5, 5.41) is 19.8. The number of halogens is 1. The lowest BCUT2D eigenvalue weighted by Crippen LogP contribution is -2.37. The minimum absolute atomic E-state index is 0.0328. The first-order valence-corrected chi connectivity index (χ1v) is 7.35. The van der Waals surface area contributed by atoms with Gasteiger partial charge in [0.1, 0.15) is 10.8 Å². The van der Waals surface area contributed by atoms with Gasteiger partial charge in [0.05, 0.1) is 5.57 Å². The Morgan fingerprint density at radius 1 is 1.26 bits per heavy atom. The number of carbonyl (C=O) groups is 2. The van der Waals surface area contributed by atoms with Gasteiger partial charge in [0, 0.05) is 11.7 Å². The number of aromatic amines is 1. The molecular formula is C17H14ClNO4. The van der Waals surface area contributed by atoms with Gasteiger partial charge in [-0.2, -0.15) is 0 Å². The molecule has 0 spiro atoms. The molecule has 0 fully saturated rings. The minimum atomic E-state index is -1.34. The molecule has 0 amide bonds. The molecule has 1 aliphatic rings. The highest BCUT2D eigenvalue weighted by molar-refractivity contribution is 6.27. The van der Waals surface area contributed by atoms with Gasteiger partial charge in [0.15, 0.2) is 0 Å². The molecular weight excluding hydrogens is 318 g/mol. The third-order valence-electron chi connectivity index (χ3n) is 4.25. The van der Waals surface area contributed by atoms with E-state index < -0.39 is 22.7 Å². The summed E-state index contributed by atoms with van der Waals surface area (Å²) >= 11 is 6.69. The van der Waals surface area contributed by atoms with Crippen LogP contribution in [0.3, 0.4) is 0 Å². The van der Waals surface area contributed by atoms with Crippen LogP contribution in [0.25, 0.3) is 10.9 Å². The molecule has 0 bridgehead atoms. The Balaban J connectivity index is 2.18. The number of alkyl halides is 1. The third kappa shape index (κ3) is 2.33. The number of carboxylic acids is 2. The summed E-state index contributed by atoms with van der Waals surface area (Å²) in [5.41, 5.74) is 1.64. The summed E-state index contributed by atoms with van der Waals surface area (Å²) in [7, 11) is 0. The number of hydrogen-bond donors (Lipinski definition) is 3. The van der Waals surface area contributed by atoms with Gasteiger partial charge in [0.25, 0.3) is 0 Å². The molecule has 1 aliphatic carbocycles. The molecule has 5 nitrogen and oxygen atoms in total. The van der Waals surface area contributed by atoms with Gasteiger partial charge in [-0.1, -0.05) is 18.2 Å². The number of aromatic nitrogens is 1. The van der Waals surface area contributed by atoms with Crippen molar-refractivity contribution in [3.8, 4) is 0 Å². The lowest BCUT2D eigenvalue weighted by molar-refractivity contribution is -0.141. The maximum absolute atomic E-state index is 11.8. The van der Waals surface area contributed by atoms with E-state index in [1.54, 1.807) is 18.3 Å². The van der Waals surface area contributed by atoms with Crippen LogP contribution in [0.1, 0.15) is 12.5 Å². The fourth-order valence-corrected chi connectivity index (χ4v) is 3.49. The maximum atomic E-state index is 11.8. The smallest absolute Gasteiger partial charge is 0.335 e. The molecule has 23 heavy (non-hydrogen) atoms. The highest BCUT2D eigenvalue weighted by Crippen LogP contribution is 2.46. The van der Waals surface area contributed by atoms with Gasteiger partial charge in [-0.05, 0) is 41.7 Å². The van der Waals surface area contributed by atoms with Crippen molar-refractivity contribution < 1.29 is 19.8 Å². The molecule has 0 saturated heterocycles. The summed E-state index contributed by atoms with van der Waals surface area (Å²) < 4.78 is 0. The monoisotopic (exact) mass is 331 g/mol. The van der Waals surface area contributed by atoms with Crippen LogP contribution in [-0.2, 0) is 14.5 Å². The lowest BCUT2D eigenvalue weighted by Gasteiger charge is -2.34. The zero-order valence-corrected chi connectivity index (χ0v) is 13.0. The molecule has 2 aromatic rings. The van der Waals surface area contributed by atoms with Crippen LogP contribution in [0.15, 0.2) is 53.8 Å². The minimum Gasteiger partial charge on any atom is -0.481 e. The number of allylic oxidation sites excluding steroid dienone is 1. The maximum Gasteiger partial charge on any atom is 0.335 e. The predicted octanol–water partition coefficient (Wildman–Crippen LogP) is 3.27. The summed E-state index contributed by atoms with van der Waals surface area (Å²) in [6.45, 7) is 1.50. The fraction of sp³-hybridized carbons (Fsp3) is 0.176. The van der Waals surface area contributed by atoms with Gasteiger partial charge in [0.2, 0.25) is 0 Å². The van der Waals surface area contributed by atoms with Crippen molar-refractivity contribution in [2.45, 2.75) is 11.8 Å². The normalized spacial score (nSPS) is 24.2. The first kappa shape index (κ1) is 15.4. The Morgan fingerprint density at radius 2 is 2.00 bits per heavy atom. The number of carboxylic acid groups (broad SMARTS) is 2. The van der Waals surface area contributed by atoms with E-state index in [-0.39, 0.29) is 11.1 Å². The van der Waals surface area contributed by atoms with Crippen LogP contribution < -0.4 is 0 Å². The lowest BCUT2D eigenvalue weighted by atomic mass is 9.75. The topological polar surface area (TPSA) is 90.4 Å². The Bertz CT molecular complexity index is 880. The van der Waals surface area contributed by atoms with Crippen molar-refractivity contribution in [1.29, 1.82) is 0 Å². The molecule has 0 radical (unpaired) electrons. The molecule has 6 heteroatoms. The van der Waals surface area contributed by atoms with Crippen LogP contribution >= 0.6 is 11.6 Å². The number of rotatable bonds is 3. The van der Waals surface area contributed by atoms with Crippen LogP contribution in [0.2, 0.25) is 0 Å². The second-order valence-electron chi connectivity index (χ2n) is 5.55. The zero-order chi connectivity index (χ0) is 16.8. The van der Waals surface area contributed by atoms with E-state index in [1.165, 1.54) is 19.1 Å². The average molecular weight is 332 g/mol. The summed E-state index contributed by atoms with van der Waals surface area (Å²) in [4.78, 5) is 24.8. The van der Waals surface area contributed by atoms with Gasteiger partial charge >= 0.3 is 11.9 Å². The van der Waals surface area contributed by atoms with Gasteiger partial charge < -0.3 is 15.2 Å². The first-order valence-electron chi connectivity index (χ1n) is 6.97. The van der Waals surface area contributed by atoms with Crippen LogP contribution in [0.4, 0.5) is 0 Å². The van der Waals surface area contributed by atoms with Crippen LogP contribution in [0, 0.1) is 5.92 Å². The molecule has 0 saturated carbocycles. The SMILES string of the molecule is CC1=C(C(=O)O)C=CC(Cl)(c2ccc3cc[nH]c3c2)C1C(=O)O. The van der Waals surface area contributed by atoms with Crippen molar-refractivity contribution in [2.75, 3.05) is 0 Å². The Labute approximate surface area is 136 Å². The molecule has 2 atom stereocenters. The van der Waals surface area contributed by atoms with Crippen molar-refractivity contribution in [2.24, 2.45) is 5.92 Å². The second kappa shape index (κ2) is 5.28. The fourth-order valence-electron chi connectivity index (χ4n) is 3.06. The summed E-state index contributed by atoms with van der Waals surface area (Å²) in [5.74, 6) is -3.48. The van der Waals surface area contributed by atoms with E-state index in [4.69, 9.17) is 11.6 Å². The van der Waals surface area contributed by atoms with Crippen molar-refractivity contribution >= 4 is 34.4 Å². The predicted molar refractivity (Wildman–Crippen MR) is 86.4 cm³/mol. The van der Waals surface area contributed by atoms with E-state index in [1.807, 2.05) is 12.1 Å². The van der Waals surface area contributed by atoms with Crippen molar-refractivity contribution in [1.82, 2.24) is 4.98 Å². The zero-order valence-electron chi connectivity index (χ0n) is 12.2. The van der Waals surface area contributed by atoms with Crippen molar-refractivity contribution in [3.05, 3.63) is 59.3 Å². The molecule has 1 heterocycles. The van der Waals surface area contributed by atoms with E-state index in [0.717, 1.165) is 10.9 Å². The Kier molecular flexibility index (Phi) is 3.53. The van der Waals surface area contributed by atoms with E-state index in [0.29, 0.717) is 5.56 Å². The molecule has 1 aromatic heterocycles. The first-order chi connectivity index (χ1) is 10.8. The number of hydrogen-bond acceptors (Lipinski definition) is 2. The summed E-state index contributed by atoms with van der Waals surface area (Å²) in [6.07, 6.45) is 4.62. The quantitative estimate of drug-likeness (QED) is 0.753. The van der Waals surface area contributed by atoms with Crippen LogP contribution in [0.5, 0.6) is 0 Å². The number of benzene rings is 1. The van der Waals surface area contributed by atoms with Gasteiger partial charge in [-0.15, -0.1) is 11.6 Å². The number of aliphatic carboxylic acids is 2. The largest absolute Gasteiger partial charge is 0.481 e. The third-order valence-corrected chi connectivity index (χ3v) is 4.81. The number of H-pyrrole nitrogens is 1. The highest BCUT2D eigenvalue weighted by Gasteiger charge is 2.46.